The topological polar surface area (TPSA) is 66.4 Å². The van der Waals surface area contributed by atoms with E-state index in [0.29, 0.717) is 16.5 Å². The summed E-state index contributed by atoms with van der Waals surface area (Å²) in [5, 5.41) is 12.0. The lowest BCUT2D eigenvalue weighted by molar-refractivity contribution is -0.140. The van der Waals surface area contributed by atoms with E-state index >= 15 is 0 Å². The molecule has 0 fully saturated rings. The third-order valence-electron chi connectivity index (χ3n) is 2.50. The molecule has 0 bridgehead atoms. The average Bonchev–Trinajstić information content (AvgIpc) is 2.33. The van der Waals surface area contributed by atoms with Crippen LogP contribution >= 0.6 is 23.4 Å². The van der Waals surface area contributed by atoms with Gasteiger partial charge in [-0.3, -0.25) is 9.59 Å². The van der Waals surface area contributed by atoms with E-state index in [4.69, 9.17) is 16.7 Å². The lowest BCUT2D eigenvalue weighted by Gasteiger charge is -2.09. The van der Waals surface area contributed by atoms with E-state index in [0.717, 1.165) is 5.56 Å². The fraction of sp³-hybridized carbons (Fsp3) is 0.385. The maximum absolute atomic E-state index is 11.7. The van der Waals surface area contributed by atoms with E-state index in [2.05, 4.69) is 5.32 Å². The van der Waals surface area contributed by atoms with Gasteiger partial charge in [0, 0.05) is 16.5 Å². The molecular formula is C13H16ClNO3S. The fourth-order valence-corrected chi connectivity index (χ4v) is 2.36. The number of carbonyl (C=O) groups excluding carboxylic acids is 1. The predicted octanol–water partition coefficient (Wildman–Crippen LogP) is 3.04. The van der Waals surface area contributed by atoms with Crippen molar-refractivity contribution in [2.24, 2.45) is 5.92 Å². The Hall–Kier alpha value is -1.20. The van der Waals surface area contributed by atoms with Crippen molar-refractivity contribution in [3.63, 3.8) is 0 Å². The van der Waals surface area contributed by atoms with Crippen molar-refractivity contribution < 1.29 is 14.7 Å². The number of hydrogen-bond donors (Lipinski definition) is 2. The van der Waals surface area contributed by atoms with Crippen LogP contribution < -0.4 is 5.32 Å². The summed E-state index contributed by atoms with van der Waals surface area (Å²) >= 11 is 7.16. The molecular weight excluding hydrogens is 286 g/mol. The van der Waals surface area contributed by atoms with Crippen LogP contribution in [0.2, 0.25) is 5.02 Å². The fourth-order valence-electron chi connectivity index (χ4n) is 1.31. The summed E-state index contributed by atoms with van der Waals surface area (Å²) in [4.78, 5) is 22.3. The van der Waals surface area contributed by atoms with Gasteiger partial charge in [0.15, 0.2) is 0 Å². The molecule has 2 N–H and O–H groups in total. The number of thioether (sulfide) groups is 1. The average molecular weight is 302 g/mol. The normalized spacial score (nSPS) is 11.9. The SMILES string of the molecule is Cc1ccc(Cl)cc1NC(=O)CSCC(C)C(=O)O. The Balaban J connectivity index is 2.43. The molecule has 0 aliphatic carbocycles. The molecule has 0 saturated carbocycles. The smallest absolute Gasteiger partial charge is 0.307 e. The van der Waals surface area contributed by atoms with E-state index in [1.54, 1.807) is 19.1 Å². The highest BCUT2D eigenvalue weighted by Gasteiger charge is 2.12. The number of benzene rings is 1. The Kier molecular flexibility index (Phi) is 6.18. The molecule has 104 valence electrons. The van der Waals surface area contributed by atoms with Gasteiger partial charge in [-0.15, -0.1) is 0 Å². The second-order valence-electron chi connectivity index (χ2n) is 4.26. The maximum atomic E-state index is 11.7. The van der Waals surface area contributed by atoms with Gasteiger partial charge in [0.1, 0.15) is 0 Å². The third kappa shape index (κ3) is 5.53. The second-order valence-corrected chi connectivity index (χ2v) is 5.73. The molecule has 1 amide bonds. The van der Waals surface area contributed by atoms with Crippen molar-refractivity contribution in [3.05, 3.63) is 28.8 Å². The Morgan fingerprint density at radius 3 is 2.79 bits per heavy atom. The number of aryl methyl sites for hydroxylation is 1. The first-order chi connectivity index (χ1) is 8.90. The minimum Gasteiger partial charge on any atom is -0.481 e. The Labute approximate surface area is 121 Å². The summed E-state index contributed by atoms with van der Waals surface area (Å²) in [6, 6.07) is 5.28. The van der Waals surface area contributed by atoms with Crippen molar-refractivity contribution in [2.45, 2.75) is 13.8 Å². The maximum Gasteiger partial charge on any atom is 0.307 e. The summed E-state index contributed by atoms with van der Waals surface area (Å²) < 4.78 is 0. The summed E-state index contributed by atoms with van der Waals surface area (Å²) in [6.45, 7) is 3.50. The largest absolute Gasteiger partial charge is 0.481 e. The molecule has 0 aliphatic heterocycles. The molecule has 0 radical (unpaired) electrons. The van der Waals surface area contributed by atoms with Crippen LogP contribution in [0.1, 0.15) is 12.5 Å². The minimum absolute atomic E-state index is 0.159. The highest BCUT2D eigenvalue weighted by atomic mass is 35.5. The molecule has 0 aliphatic rings. The summed E-state index contributed by atoms with van der Waals surface area (Å²) in [6.07, 6.45) is 0. The number of carboxylic acids is 1. The number of halogens is 1. The zero-order valence-electron chi connectivity index (χ0n) is 10.8. The van der Waals surface area contributed by atoms with Crippen molar-refractivity contribution >= 4 is 40.9 Å². The molecule has 1 rings (SSSR count). The molecule has 0 heterocycles. The van der Waals surface area contributed by atoms with E-state index in [-0.39, 0.29) is 11.7 Å². The van der Waals surface area contributed by atoms with Gasteiger partial charge in [0.2, 0.25) is 5.91 Å². The Morgan fingerprint density at radius 2 is 2.16 bits per heavy atom. The molecule has 1 aromatic carbocycles. The number of aliphatic carboxylic acids is 1. The number of hydrogen-bond acceptors (Lipinski definition) is 3. The van der Waals surface area contributed by atoms with Crippen molar-refractivity contribution in [1.82, 2.24) is 0 Å². The number of nitrogens with one attached hydrogen (secondary N) is 1. The monoisotopic (exact) mass is 301 g/mol. The number of carboxylic acid groups (broad SMARTS) is 1. The zero-order valence-corrected chi connectivity index (χ0v) is 12.3. The van der Waals surface area contributed by atoms with Gasteiger partial charge in [-0.05, 0) is 24.6 Å². The molecule has 1 unspecified atom stereocenters. The second kappa shape index (κ2) is 7.40. The van der Waals surface area contributed by atoms with Gasteiger partial charge < -0.3 is 10.4 Å². The standard InChI is InChI=1S/C13H16ClNO3S/c1-8-3-4-10(14)5-11(8)15-12(16)7-19-6-9(2)13(17)18/h3-5,9H,6-7H2,1-2H3,(H,15,16)(H,17,18). The zero-order chi connectivity index (χ0) is 14.4. The van der Waals surface area contributed by atoms with Crippen LogP contribution in [0.5, 0.6) is 0 Å². The molecule has 0 spiro atoms. The third-order valence-corrected chi connectivity index (χ3v) is 3.93. The Morgan fingerprint density at radius 1 is 1.47 bits per heavy atom. The highest BCUT2D eigenvalue weighted by Crippen LogP contribution is 2.20. The van der Waals surface area contributed by atoms with Crippen LogP contribution in [0.4, 0.5) is 5.69 Å². The number of anilines is 1. The lowest BCUT2D eigenvalue weighted by atomic mass is 10.2. The van der Waals surface area contributed by atoms with Crippen LogP contribution in [0.25, 0.3) is 0 Å². The molecule has 6 heteroatoms. The summed E-state index contributed by atoms with van der Waals surface area (Å²) in [7, 11) is 0. The van der Waals surface area contributed by atoms with E-state index in [1.807, 2.05) is 13.0 Å². The molecule has 0 aromatic heterocycles. The van der Waals surface area contributed by atoms with Crippen molar-refractivity contribution in [1.29, 1.82) is 0 Å². The molecule has 1 aromatic rings. The van der Waals surface area contributed by atoms with E-state index < -0.39 is 11.9 Å². The first-order valence-electron chi connectivity index (χ1n) is 5.76. The van der Waals surface area contributed by atoms with Crippen LogP contribution in [0.3, 0.4) is 0 Å². The lowest BCUT2D eigenvalue weighted by Crippen LogP contribution is -2.17. The summed E-state index contributed by atoms with van der Waals surface area (Å²) in [5.41, 5.74) is 1.62. The number of amides is 1. The molecule has 0 saturated heterocycles. The first kappa shape index (κ1) is 15.9. The van der Waals surface area contributed by atoms with Crippen LogP contribution in [-0.4, -0.2) is 28.5 Å². The van der Waals surface area contributed by atoms with Crippen LogP contribution in [0.15, 0.2) is 18.2 Å². The van der Waals surface area contributed by atoms with Crippen molar-refractivity contribution in [3.8, 4) is 0 Å². The van der Waals surface area contributed by atoms with Gasteiger partial charge in [0.05, 0.1) is 11.7 Å². The highest BCUT2D eigenvalue weighted by molar-refractivity contribution is 8.00. The number of rotatable bonds is 6. The van der Waals surface area contributed by atoms with Crippen LogP contribution in [0, 0.1) is 12.8 Å². The van der Waals surface area contributed by atoms with E-state index in [9.17, 15) is 9.59 Å². The quantitative estimate of drug-likeness (QED) is 0.847. The molecule has 19 heavy (non-hydrogen) atoms. The number of carbonyl (C=O) groups is 2. The van der Waals surface area contributed by atoms with Gasteiger partial charge >= 0.3 is 5.97 Å². The molecule has 1 atom stereocenters. The first-order valence-corrected chi connectivity index (χ1v) is 7.30. The van der Waals surface area contributed by atoms with Crippen molar-refractivity contribution in [2.75, 3.05) is 16.8 Å². The predicted molar refractivity (Wildman–Crippen MR) is 78.9 cm³/mol. The Bertz CT molecular complexity index is 479. The van der Waals surface area contributed by atoms with E-state index in [1.165, 1.54) is 11.8 Å². The van der Waals surface area contributed by atoms with Crippen LogP contribution in [-0.2, 0) is 9.59 Å². The van der Waals surface area contributed by atoms with Gasteiger partial charge in [-0.25, -0.2) is 0 Å². The van der Waals surface area contributed by atoms with Gasteiger partial charge in [-0.1, -0.05) is 24.6 Å². The summed E-state index contributed by atoms with van der Waals surface area (Å²) in [5.74, 6) is -0.821. The van der Waals surface area contributed by atoms with Gasteiger partial charge in [0.25, 0.3) is 0 Å². The minimum atomic E-state index is -0.849. The molecule has 4 nitrogen and oxygen atoms in total. The van der Waals surface area contributed by atoms with Gasteiger partial charge in [-0.2, -0.15) is 11.8 Å².